The molecule has 29 heavy (non-hydrogen) atoms. The number of hydrogen-bond donors (Lipinski definition) is 1. The van der Waals surface area contributed by atoms with Gasteiger partial charge in [-0.2, -0.15) is 0 Å². The lowest BCUT2D eigenvalue weighted by Crippen LogP contribution is -2.48. The molecule has 1 aliphatic carbocycles. The third-order valence-corrected chi connectivity index (χ3v) is 6.91. The maximum atomic E-state index is 13.1. The molecule has 2 aromatic heterocycles. The van der Waals surface area contributed by atoms with Crippen molar-refractivity contribution in [2.24, 2.45) is 11.8 Å². The van der Waals surface area contributed by atoms with Gasteiger partial charge in [0.05, 0.1) is 6.26 Å². The smallest absolute Gasteiger partial charge is 0.291 e. The van der Waals surface area contributed by atoms with Crippen molar-refractivity contribution in [2.75, 3.05) is 25.0 Å². The standard InChI is InChI=1S/C23H29N3O3/c27-22(21-7-4-10-29-21)24-19-8-9-20-18-11-17(14-26(20)23(19)28)13-25(15-18)12-16-5-2-1-3-6-16/h4,7-10,16-18H,1-3,5-6,11-15H2,(H,24,27)/t17-,18+/m0/s1. The zero-order valence-corrected chi connectivity index (χ0v) is 16.8. The average molecular weight is 396 g/mol. The number of nitrogens with one attached hydrogen (secondary N) is 1. The molecule has 1 amide bonds. The molecule has 6 heteroatoms. The van der Waals surface area contributed by atoms with Gasteiger partial charge < -0.3 is 19.2 Å². The summed E-state index contributed by atoms with van der Waals surface area (Å²) < 4.78 is 7.03. The normalized spacial score (nSPS) is 24.8. The summed E-state index contributed by atoms with van der Waals surface area (Å²) in [6.45, 7) is 4.09. The van der Waals surface area contributed by atoms with Crippen LogP contribution in [0.5, 0.6) is 0 Å². The Kier molecular flexibility index (Phi) is 5.04. The lowest BCUT2D eigenvalue weighted by Gasteiger charge is -2.44. The Hall–Kier alpha value is -2.34. The van der Waals surface area contributed by atoms with E-state index >= 15 is 0 Å². The van der Waals surface area contributed by atoms with Crippen molar-refractivity contribution in [1.82, 2.24) is 9.47 Å². The van der Waals surface area contributed by atoms with E-state index in [1.807, 2.05) is 10.6 Å². The fourth-order valence-corrected chi connectivity index (χ4v) is 5.62. The van der Waals surface area contributed by atoms with E-state index in [4.69, 9.17) is 4.42 Å². The van der Waals surface area contributed by atoms with E-state index in [9.17, 15) is 9.59 Å². The van der Waals surface area contributed by atoms with Crippen LogP contribution in [0.15, 0.2) is 39.7 Å². The zero-order chi connectivity index (χ0) is 19.8. The van der Waals surface area contributed by atoms with Crippen LogP contribution in [0.1, 0.15) is 60.7 Å². The maximum absolute atomic E-state index is 13.1. The van der Waals surface area contributed by atoms with Crippen LogP contribution < -0.4 is 10.9 Å². The molecule has 3 aliphatic rings. The van der Waals surface area contributed by atoms with Crippen LogP contribution in [0.3, 0.4) is 0 Å². The number of amides is 1. The number of anilines is 1. The molecule has 0 aromatic carbocycles. The van der Waals surface area contributed by atoms with Crippen molar-refractivity contribution in [3.05, 3.63) is 52.3 Å². The SMILES string of the molecule is O=C(Nc1ccc2n(c1=O)C[C@H]1C[C@@H]2CN(CC2CCCCC2)C1)c1ccco1. The summed E-state index contributed by atoms with van der Waals surface area (Å²) >= 11 is 0. The first-order chi connectivity index (χ1) is 14.2. The first kappa shape index (κ1) is 18.7. The summed E-state index contributed by atoms with van der Waals surface area (Å²) in [5.74, 6) is 1.60. The van der Waals surface area contributed by atoms with Crippen LogP contribution in [0.25, 0.3) is 0 Å². The Morgan fingerprint density at radius 1 is 1.10 bits per heavy atom. The summed E-state index contributed by atoms with van der Waals surface area (Å²) in [4.78, 5) is 28.0. The molecule has 2 fully saturated rings. The molecule has 0 spiro atoms. The first-order valence-electron chi connectivity index (χ1n) is 11.0. The van der Waals surface area contributed by atoms with E-state index in [2.05, 4.69) is 10.2 Å². The minimum atomic E-state index is -0.387. The van der Waals surface area contributed by atoms with Crippen LogP contribution in [-0.4, -0.2) is 35.0 Å². The monoisotopic (exact) mass is 395 g/mol. The summed E-state index contributed by atoms with van der Waals surface area (Å²) in [6.07, 6.45) is 9.54. The predicted molar refractivity (Wildman–Crippen MR) is 111 cm³/mol. The second-order valence-corrected chi connectivity index (χ2v) is 9.04. The van der Waals surface area contributed by atoms with Gasteiger partial charge in [-0.15, -0.1) is 0 Å². The number of aromatic nitrogens is 1. The van der Waals surface area contributed by atoms with Gasteiger partial charge in [0.1, 0.15) is 5.69 Å². The molecule has 2 bridgehead atoms. The minimum Gasteiger partial charge on any atom is -0.459 e. The third-order valence-electron chi connectivity index (χ3n) is 6.91. The van der Waals surface area contributed by atoms with Gasteiger partial charge in [0, 0.05) is 37.8 Å². The van der Waals surface area contributed by atoms with Crippen LogP contribution in [0.4, 0.5) is 5.69 Å². The predicted octanol–water partition coefficient (Wildman–Crippen LogP) is 3.69. The molecule has 2 aliphatic heterocycles. The molecule has 4 heterocycles. The van der Waals surface area contributed by atoms with Crippen LogP contribution in [0.2, 0.25) is 0 Å². The molecular weight excluding hydrogens is 366 g/mol. The number of fused-ring (bicyclic) bond motifs is 4. The van der Waals surface area contributed by atoms with E-state index in [-0.39, 0.29) is 17.2 Å². The fourth-order valence-electron chi connectivity index (χ4n) is 5.62. The second-order valence-electron chi connectivity index (χ2n) is 9.04. The van der Waals surface area contributed by atoms with Gasteiger partial charge in [0.2, 0.25) is 0 Å². The molecule has 5 rings (SSSR count). The summed E-state index contributed by atoms with van der Waals surface area (Å²) in [7, 11) is 0. The Bertz CT molecular complexity index is 927. The van der Waals surface area contributed by atoms with Crippen molar-refractivity contribution in [1.29, 1.82) is 0 Å². The van der Waals surface area contributed by atoms with E-state index in [0.29, 0.717) is 17.5 Å². The number of carbonyl (C=O) groups excluding carboxylic acids is 1. The Morgan fingerprint density at radius 3 is 2.76 bits per heavy atom. The van der Waals surface area contributed by atoms with Crippen LogP contribution >= 0.6 is 0 Å². The molecule has 2 atom stereocenters. The Morgan fingerprint density at radius 2 is 1.97 bits per heavy atom. The van der Waals surface area contributed by atoms with Gasteiger partial charge in [-0.1, -0.05) is 19.3 Å². The highest BCUT2D eigenvalue weighted by Gasteiger charge is 2.35. The molecule has 154 valence electrons. The lowest BCUT2D eigenvalue weighted by atomic mass is 9.81. The number of hydrogen-bond acceptors (Lipinski definition) is 4. The van der Waals surface area contributed by atoms with Crippen LogP contribution in [-0.2, 0) is 6.54 Å². The van der Waals surface area contributed by atoms with E-state index in [1.54, 1.807) is 18.2 Å². The lowest BCUT2D eigenvalue weighted by molar-refractivity contribution is 0.0966. The fraction of sp³-hybridized carbons (Fsp3) is 0.565. The van der Waals surface area contributed by atoms with Gasteiger partial charge in [0.25, 0.3) is 11.5 Å². The second kappa shape index (κ2) is 7.82. The number of piperidine rings is 1. The number of furan rings is 1. The number of pyridine rings is 1. The molecule has 1 saturated heterocycles. The number of likely N-dealkylation sites (tertiary alicyclic amines) is 1. The highest BCUT2D eigenvalue weighted by atomic mass is 16.3. The van der Waals surface area contributed by atoms with E-state index in [1.165, 1.54) is 51.3 Å². The minimum absolute atomic E-state index is 0.0992. The highest BCUT2D eigenvalue weighted by Crippen LogP contribution is 2.36. The van der Waals surface area contributed by atoms with Gasteiger partial charge in [-0.3, -0.25) is 9.59 Å². The number of nitrogens with zero attached hydrogens (tertiary/aromatic N) is 2. The average Bonchev–Trinajstić information content (AvgIpc) is 3.26. The zero-order valence-electron chi connectivity index (χ0n) is 16.8. The molecule has 0 unspecified atom stereocenters. The number of carbonyl (C=O) groups is 1. The first-order valence-corrected chi connectivity index (χ1v) is 11.0. The molecule has 6 nitrogen and oxygen atoms in total. The van der Waals surface area contributed by atoms with Crippen LogP contribution in [0, 0.1) is 11.8 Å². The number of rotatable bonds is 4. The van der Waals surface area contributed by atoms with Crippen molar-refractivity contribution in [3.8, 4) is 0 Å². The Labute approximate surface area is 170 Å². The topological polar surface area (TPSA) is 67.5 Å². The van der Waals surface area contributed by atoms with Gasteiger partial charge >= 0.3 is 0 Å². The summed E-state index contributed by atoms with van der Waals surface area (Å²) in [5.41, 5.74) is 1.35. The molecule has 1 saturated carbocycles. The van der Waals surface area contributed by atoms with Gasteiger partial charge in [0.15, 0.2) is 5.76 Å². The third kappa shape index (κ3) is 3.78. The van der Waals surface area contributed by atoms with E-state index < -0.39 is 0 Å². The molecule has 0 radical (unpaired) electrons. The molecule has 2 aromatic rings. The molecular formula is C23H29N3O3. The molecule has 1 N–H and O–H groups in total. The van der Waals surface area contributed by atoms with Gasteiger partial charge in [-0.25, -0.2) is 0 Å². The largest absolute Gasteiger partial charge is 0.459 e. The Balaban J connectivity index is 1.32. The maximum Gasteiger partial charge on any atom is 0.291 e. The van der Waals surface area contributed by atoms with E-state index in [0.717, 1.165) is 31.2 Å². The van der Waals surface area contributed by atoms with Crippen molar-refractivity contribution < 1.29 is 9.21 Å². The summed E-state index contributed by atoms with van der Waals surface area (Å²) in [5, 5.41) is 2.71. The van der Waals surface area contributed by atoms with Gasteiger partial charge in [-0.05, 0) is 55.4 Å². The highest BCUT2D eigenvalue weighted by molar-refractivity contribution is 6.02. The van der Waals surface area contributed by atoms with Crippen molar-refractivity contribution in [2.45, 2.75) is 51.0 Å². The summed E-state index contributed by atoms with van der Waals surface area (Å²) in [6, 6.07) is 7.05. The van der Waals surface area contributed by atoms with Crippen molar-refractivity contribution in [3.63, 3.8) is 0 Å². The quantitative estimate of drug-likeness (QED) is 0.857. The van der Waals surface area contributed by atoms with Crippen molar-refractivity contribution >= 4 is 11.6 Å².